The van der Waals surface area contributed by atoms with Gasteiger partial charge in [-0.15, -0.1) is 0 Å². The van der Waals surface area contributed by atoms with E-state index >= 15 is 0 Å². The summed E-state index contributed by atoms with van der Waals surface area (Å²) >= 11 is 0. The Morgan fingerprint density at radius 2 is 1.50 bits per heavy atom. The number of amides is 2. The normalized spacial score (nSPS) is 11.9. The average Bonchev–Trinajstić information content (AvgIpc) is 3.19. The van der Waals surface area contributed by atoms with Crippen molar-refractivity contribution in [2.24, 2.45) is 5.92 Å². The highest BCUT2D eigenvalue weighted by Gasteiger charge is 2.26. The summed E-state index contributed by atoms with van der Waals surface area (Å²) in [6, 6.07) is 26.3. The Labute approximate surface area is 198 Å². The molecular formula is C27H28N4O3. The van der Waals surface area contributed by atoms with Gasteiger partial charge in [0.15, 0.2) is 0 Å². The third-order valence-corrected chi connectivity index (χ3v) is 5.51. The summed E-state index contributed by atoms with van der Waals surface area (Å²) in [6.07, 6.45) is -0.643. The van der Waals surface area contributed by atoms with E-state index in [0.717, 1.165) is 22.2 Å². The number of benzene rings is 3. The molecule has 0 radical (unpaired) electrons. The van der Waals surface area contributed by atoms with E-state index < -0.39 is 12.1 Å². The largest absolute Gasteiger partial charge is 0.445 e. The lowest BCUT2D eigenvalue weighted by Crippen LogP contribution is -2.47. The Hall–Kier alpha value is -4.13. The number of ether oxygens (including phenoxy) is 1. The first kappa shape index (κ1) is 23.0. The minimum absolute atomic E-state index is 0.131. The van der Waals surface area contributed by atoms with Gasteiger partial charge < -0.3 is 14.6 Å². The number of carbonyl (C=O) groups is 2. The smallest absolute Gasteiger partial charge is 0.408 e. The second-order valence-corrected chi connectivity index (χ2v) is 8.41. The van der Waals surface area contributed by atoms with Crippen molar-refractivity contribution in [1.82, 2.24) is 14.9 Å². The van der Waals surface area contributed by atoms with Gasteiger partial charge in [0, 0.05) is 0 Å². The van der Waals surface area contributed by atoms with E-state index in [4.69, 9.17) is 4.74 Å². The summed E-state index contributed by atoms with van der Waals surface area (Å²) in [6.45, 7) is 4.42. The van der Waals surface area contributed by atoms with Gasteiger partial charge in [-0.3, -0.25) is 10.1 Å². The van der Waals surface area contributed by atoms with E-state index in [0.29, 0.717) is 12.5 Å². The minimum Gasteiger partial charge on any atom is -0.445 e. The fraction of sp³-hybridized carbons (Fsp3) is 0.222. The monoisotopic (exact) mass is 456 g/mol. The maximum Gasteiger partial charge on any atom is 0.408 e. The molecule has 34 heavy (non-hydrogen) atoms. The van der Waals surface area contributed by atoms with Crippen LogP contribution in [-0.4, -0.2) is 27.6 Å². The number of hydrogen-bond acceptors (Lipinski definition) is 4. The van der Waals surface area contributed by atoms with Crippen molar-refractivity contribution in [2.45, 2.75) is 33.0 Å². The summed E-state index contributed by atoms with van der Waals surface area (Å²) in [5.41, 5.74) is 3.66. The highest BCUT2D eigenvalue weighted by Crippen LogP contribution is 2.22. The van der Waals surface area contributed by atoms with Gasteiger partial charge in [-0.05, 0) is 29.2 Å². The average molecular weight is 457 g/mol. The second-order valence-electron chi connectivity index (χ2n) is 8.41. The number of aromatic nitrogens is 2. The molecule has 2 N–H and O–H groups in total. The molecule has 0 aliphatic heterocycles. The van der Waals surface area contributed by atoms with Crippen LogP contribution in [0.15, 0.2) is 84.9 Å². The molecule has 0 saturated heterocycles. The molecule has 0 aliphatic rings. The van der Waals surface area contributed by atoms with E-state index in [9.17, 15) is 9.59 Å². The van der Waals surface area contributed by atoms with Crippen molar-refractivity contribution in [3.05, 3.63) is 96.1 Å². The van der Waals surface area contributed by atoms with Crippen LogP contribution >= 0.6 is 0 Å². The lowest BCUT2D eigenvalue weighted by molar-refractivity contribution is -0.119. The zero-order valence-corrected chi connectivity index (χ0v) is 19.3. The first-order valence-electron chi connectivity index (χ1n) is 11.3. The number of anilines is 1. The molecule has 0 spiro atoms. The Balaban J connectivity index is 1.50. The molecule has 0 aliphatic carbocycles. The molecule has 4 aromatic rings. The molecule has 1 unspecified atom stereocenters. The summed E-state index contributed by atoms with van der Waals surface area (Å²) < 4.78 is 7.27. The Bertz CT molecular complexity index is 1250. The van der Waals surface area contributed by atoms with E-state index in [1.807, 2.05) is 103 Å². The SMILES string of the molecule is CC(C)C(NC(=O)OCc1ccccc1)C(=O)Nc1nc2ccccc2n1Cc1ccccc1. The molecule has 174 valence electrons. The van der Waals surface area contributed by atoms with Crippen LogP contribution in [0.5, 0.6) is 0 Å². The lowest BCUT2D eigenvalue weighted by atomic mass is 10.0. The fourth-order valence-corrected chi connectivity index (χ4v) is 3.71. The van der Waals surface area contributed by atoms with Crippen LogP contribution in [0.4, 0.5) is 10.7 Å². The zero-order chi connectivity index (χ0) is 23.9. The van der Waals surface area contributed by atoms with Crippen LogP contribution in [0.3, 0.4) is 0 Å². The van der Waals surface area contributed by atoms with Gasteiger partial charge in [0.05, 0.1) is 17.6 Å². The number of fused-ring (bicyclic) bond motifs is 1. The highest BCUT2D eigenvalue weighted by molar-refractivity contribution is 5.97. The molecule has 0 fully saturated rings. The molecule has 1 heterocycles. The van der Waals surface area contributed by atoms with Crippen LogP contribution in [-0.2, 0) is 22.7 Å². The van der Waals surface area contributed by atoms with Gasteiger partial charge in [0.1, 0.15) is 12.6 Å². The van der Waals surface area contributed by atoms with E-state index in [1.54, 1.807) is 0 Å². The summed E-state index contributed by atoms with van der Waals surface area (Å²) in [5, 5.41) is 5.62. The van der Waals surface area contributed by atoms with E-state index in [2.05, 4.69) is 15.6 Å². The minimum atomic E-state index is -0.784. The van der Waals surface area contributed by atoms with Gasteiger partial charge in [0.25, 0.3) is 0 Å². The third kappa shape index (κ3) is 5.61. The molecule has 0 bridgehead atoms. The summed E-state index contributed by atoms with van der Waals surface area (Å²) in [5.74, 6) is -0.0762. The van der Waals surface area contributed by atoms with Gasteiger partial charge in [0.2, 0.25) is 11.9 Å². The molecule has 7 heteroatoms. The van der Waals surface area contributed by atoms with Crippen molar-refractivity contribution >= 4 is 29.0 Å². The van der Waals surface area contributed by atoms with Crippen LogP contribution in [0.25, 0.3) is 11.0 Å². The van der Waals surface area contributed by atoms with E-state index in [-0.39, 0.29) is 18.4 Å². The molecule has 7 nitrogen and oxygen atoms in total. The Morgan fingerprint density at radius 3 is 2.18 bits per heavy atom. The number of alkyl carbamates (subject to hydrolysis) is 1. The molecule has 0 saturated carbocycles. The number of hydrogen-bond donors (Lipinski definition) is 2. The number of rotatable bonds is 8. The molecule has 1 atom stereocenters. The van der Waals surface area contributed by atoms with Crippen molar-refractivity contribution in [1.29, 1.82) is 0 Å². The fourth-order valence-electron chi connectivity index (χ4n) is 3.71. The maximum absolute atomic E-state index is 13.2. The van der Waals surface area contributed by atoms with Gasteiger partial charge in [-0.1, -0.05) is 86.6 Å². The first-order valence-corrected chi connectivity index (χ1v) is 11.3. The Morgan fingerprint density at radius 1 is 0.882 bits per heavy atom. The Kier molecular flexibility index (Phi) is 7.22. The number of para-hydroxylation sites is 2. The lowest BCUT2D eigenvalue weighted by Gasteiger charge is -2.21. The molecule has 1 aromatic heterocycles. The molecular weight excluding hydrogens is 428 g/mol. The topological polar surface area (TPSA) is 85.2 Å². The van der Waals surface area contributed by atoms with Crippen LogP contribution in [0.2, 0.25) is 0 Å². The molecule has 3 aromatic carbocycles. The predicted molar refractivity (Wildman–Crippen MR) is 132 cm³/mol. The summed E-state index contributed by atoms with van der Waals surface area (Å²) in [7, 11) is 0. The number of nitrogens with one attached hydrogen (secondary N) is 2. The van der Waals surface area contributed by atoms with Gasteiger partial charge in [-0.2, -0.15) is 0 Å². The quantitative estimate of drug-likeness (QED) is 0.392. The highest BCUT2D eigenvalue weighted by atomic mass is 16.5. The number of nitrogens with zero attached hydrogens (tertiary/aromatic N) is 2. The van der Waals surface area contributed by atoms with Crippen LogP contribution < -0.4 is 10.6 Å². The van der Waals surface area contributed by atoms with E-state index in [1.165, 1.54) is 0 Å². The first-order chi connectivity index (χ1) is 16.5. The van der Waals surface area contributed by atoms with Crippen molar-refractivity contribution in [2.75, 3.05) is 5.32 Å². The van der Waals surface area contributed by atoms with Crippen LogP contribution in [0.1, 0.15) is 25.0 Å². The zero-order valence-electron chi connectivity index (χ0n) is 19.3. The van der Waals surface area contributed by atoms with Crippen molar-refractivity contribution < 1.29 is 14.3 Å². The van der Waals surface area contributed by atoms with Crippen molar-refractivity contribution in [3.63, 3.8) is 0 Å². The standard InChI is InChI=1S/C27H28N4O3/c1-19(2)24(29-27(33)34-18-21-13-7-4-8-14-21)25(32)30-26-28-22-15-9-10-16-23(22)31(26)17-20-11-5-3-6-12-20/h3-16,19,24H,17-18H2,1-2H3,(H,29,33)(H,28,30,32). The molecule has 4 rings (SSSR count). The van der Waals surface area contributed by atoms with Crippen molar-refractivity contribution in [3.8, 4) is 0 Å². The third-order valence-electron chi connectivity index (χ3n) is 5.51. The van der Waals surface area contributed by atoms with Gasteiger partial charge >= 0.3 is 6.09 Å². The van der Waals surface area contributed by atoms with Gasteiger partial charge in [-0.25, -0.2) is 9.78 Å². The number of imidazole rings is 1. The van der Waals surface area contributed by atoms with Crippen LogP contribution in [0, 0.1) is 5.92 Å². The summed E-state index contributed by atoms with van der Waals surface area (Å²) in [4.78, 5) is 30.2. The number of carbonyl (C=O) groups excluding carboxylic acids is 2. The second kappa shape index (κ2) is 10.7. The molecule has 2 amide bonds. The predicted octanol–water partition coefficient (Wildman–Crippen LogP) is 4.97. The maximum atomic E-state index is 13.2.